The predicted octanol–water partition coefficient (Wildman–Crippen LogP) is 2.44. The molecule has 0 saturated heterocycles. The van der Waals surface area contributed by atoms with Gasteiger partial charge < -0.3 is 19.7 Å². The first-order valence-electron chi connectivity index (χ1n) is 7.82. The second-order valence-corrected chi connectivity index (χ2v) is 5.70. The molecular weight excluding hydrogens is 308 g/mol. The van der Waals surface area contributed by atoms with E-state index in [4.69, 9.17) is 9.47 Å². The van der Waals surface area contributed by atoms with E-state index in [2.05, 4.69) is 0 Å². The smallest absolute Gasteiger partial charge is 0.193 e. The molecule has 128 valence electrons. The molecule has 0 aromatic heterocycles. The van der Waals surface area contributed by atoms with Crippen molar-refractivity contribution >= 4 is 5.78 Å². The van der Waals surface area contributed by atoms with Gasteiger partial charge in [-0.2, -0.15) is 0 Å². The third-order valence-corrected chi connectivity index (χ3v) is 3.22. The van der Waals surface area contributed by atoms with Gasteiger partial charge >= 0.3 is 0 Å². The first kappa shape index (κ1) is 18.0. The van der Waals surface area contributed by atoms with E-state index < -0.39 is 12.2 Å². The van der Waals surface area contributed by atoms with Gasteiger partial charge in [0.1, 0.15) is 24.7 Å². The summed E-state index contributed by atoms with van der Waals surface area (Å²) in [7, 11) is 0. The van der Waals surface area contributed by atoms with Gasteiger partial charge in [-0.1, -0.05) is 0 Å². The average Bonchev–Trinajstić information content (AvgIpc) is 2.58. The van der Waals surface area contributed by atoms with Gasteiger partial charge in [0, 0.05) is 11.1 Å². The fraction of sp³-hybridized carbons (Fsp3) is 0.316. The van der Waals surface area contributed by atoms with Crippen LogP contribution < -0.4 is 9.47 Å². The number of carbonyl (C=O) groups excluding carboxylic acids is 1. The first-order valence-corrected chi connectivity index (χ1v) is 7.82. The van der Waals surface area contributed by atoms with E-state index in [-0.39, 0.29) is 19.0 Å². The van der Waals surface area contributed by atoms with Crippen LogP contribution in [0, 0.1) is 0 Å². The summed E-state index contributed by atoms with van der Waals surface area (Å²) in [6, 6.07) is 13.6. The van der Waals surface area contributed by atoms with Crippen LogP contribution in [0.5, 0.6) is 11.5 Å². The molecule has 0 bridgehead atoms. The van der Waals surface area contributed by atoms with Gasteiger partial charge in [-0.25, -0.2) is 0 Å². The Bertz CT molecular complexity index is 587. The second-order valence-electron chi connectivity index (χ2n) is 5.70. The summed E-state index contributed by atoms with van der Waals surface area (Å²) in [5, 5.41) is 18.4. The summed E-state index contributed by atoms with van der Waals surface area (Å²) in [6.45, 7) is 3.71. The van der Waals surface area contributed by atoms with Crippen molar-refractivity contribution in [3.63, 3.8) is 0 Å². The molecule has 2 unspecified atom stereocenters. The van der Waals surface area contributed by atoms with Crippen LogP contribution in [-0.2, 0) is 0 Å². The molecule has 0 amide bonds. The number of hydrogen-bond donors (Lipinski definition) is 2. The van der Waals surface area contributed by atoms with Crippen LogP contribution in [0.2, 0.25) is 0 Å². The van der Waals surface area contributed by atoms with Gasteiger partial charge in [-0.15, -0.1) is 0 Å². The Morgan fingerprint density at radius 1 is 0.792 bits per heavy atom. The van der Waals surface area contributed by atoms with E-state index in [9.17, 15) is 15.0 Å². The molecule has 0 heterocycles. The Morgan fingerprint density at radius 3 is 1.42 bits per heavy atom. The molecule has 0 aliphatic rings. The SMILES string of the molecule is CC(O)COc1ccc(C(=O)c2ccc(OCC(C)O)cc2)cc1. The normalized spacial score (nSPS) is 13.2. The minimum absolute atomic E-state index is 0.0980. The molecule has 0 saturated carbocycles. The molecule has 5 nitrogen and oxygen atoms in total. The average molecular weight is 330 g/mol. The van der Waals surface area contributed by atoms with Crippen LogP contribution in [0.3, 0.4) is 0 Å². The minimum Gasteiger partial charge on any atom is -0.491 e. The number of rotatable bonds is 8. The molecule has 2 rings (SSSR count). The highest BCUT2D eigenvalue weighted by Crippen LogP contribution is 2.18. The lowest BCUT2D eigenvalue weighted by Crippen LogP contribution is -2.13. The van der Waals surface area contributed by atoms with Crippen LogP contribution >= 0.6 is 0 Å². The Balaban J connectivity index is 2.00. The summed E-state index contributed by atoms with van der Waals surface area (Å²) >= 11 is 0. The summed E-state index contributed by atoms with van der Waals surface area (Å²) < 4.78 is 10.7. The van der Waals surface area contributed by atoms with Gasteiger partial charge in [0.25, 0.3) is 0 Å². The zero-order chi connectivity index (χ0) is 17.5. The largest absolute Gasteiger partial charge is 0.491 e. The Morgan fingerprint density at radius 2 is 1.12 bits per heavy atom. The molecule has 2 atom stereocenters. The lowest BCUT2D eigenvalue weighted by molar-refractivity contribution is 0.103. The van der Waals surface area contributed by atoms with Crippen molar-refractivity contribution in [3.05, 3.63) is 59.7 Å². The first-order chi connectivity index (χ1) is 11.5. The molecule has 24 heavy (non-hydrogen) atoms. The topological polar surface area (TPSA) is 76.0 Å². The van der Waals surface area contributed by atoms with Gasteiger partial charge in [0.2, 0.25) is 0 Å². The highest BCUT2D eigenvalue weighted by Gasteiger charge is 2.10. The second kappa shape index (κ2) is 8.47. The van der Waals surface area contributed by atoms with Crippen LogP contribution in [0.15, 0.2) is 48.5 Å². The molecular formula is C19H22O5. The number of aliphatic hydroxyl groups is 2. The maximum Gasteiger partial charge on any atom is 0.193 e. The van der Waals surface area contributed by atoms with E-state index in [0.29, 0.717) is 22.6 Å². The van der Waals surface area contributed by atoms with Crippen LogP contribution in [0.1, 0.15) is 29.8 Å². The monoisotopic (exact) mass is 330 g/mol. The van der Waals surface area contributed by atoms with Crippen LogP contribution in [-0.4, -0.2) is 41.4 Å². The van der Waals surface area contributed by atoms with Crippen molar-refractivity contribution in [2.75, 3.05) is 13.2 Å². The number of benzene rings is 2. The van der Waals surface area contributed by atoms with Crippen LogP contribution in [0.25, 0.3) is 0 Å². The molecule has 0 fully saturated rings. The van der Waals surface area contributed by atoms with Gasteiger partial charge in [0.15, 0.2) is 5.78 Å². The van der Waals surface area contributed by atoms with Crippen molar-refractivity contribution < 1.29 is 24.5 Å². The molecule has 5 heteroatoms. The fourth-order valence-corrected chi connectivity index (χ4v) is 2.01. The van der Waals surface area contributed by atoms with Crippen molar-refractivity contribution in [2.45, 2.75) is 26.1 Å². The highest BCUT2D eigenvalue weighted by molar-refractivity contribution is 6.09. The number of aliphatic hydroxyl groups excluding tert-OH is 2. The van der Waals surface area contributed by atoms with E-state index >= 15 is 0 Å². The summed E-state index contributed by atoms with van der Waals surface area (Å²) in [5.74, 6) is 1.11. The number of ether oxygens (including phenoxy) is 2. The zero-order valence-corrected chi connectivity index (χ0v) is 13.8. The third kappa shape index (κ3) is 5.37. The number of ketones is 1. The van der Waals surface area contributed by atoms with Crippen molar-refractivity contribution in [1.82, 2.24) is 0 Å². The van der Waals surface area contributed by atoms with Gasteiger partial charge in [-0.05, 0) is 62.4 Å². The molecule has 2 aromatic carbocycles. The summed E-state index contributed by atoms with van der Waals surface area (Å²) in [5.41, 5.74) is 1.11. The quantitative estimate of drug-likeness (QED) is 0.727. The van der Waals surface area contributed by atoms with Crippen LogP contribution in [0.4, 0.5) is 0 Å². The Kier molecular flexibility index (Phi) is 6.35. The maximum absolute atomic E-state index is 12.4. The Hall–Kier alpha value is -2.37. The molecule has 0 radical (unpaired) electrons. The van der Waals surface area contributed by atoms with E-state index in [0.717, 1.165) is 0 Å². The molecule has 2 N–H and O–H groups in total. The minimum atomic E-state index is -0.541. The van der Waals surface area contributed by atoms with E-state index in [1.54, 1.807) is 62.4 Å². The zero-order valence-electron chi connectivity index (χ0n) is 13.8. The van der Waals surface area contributed by atoms with Crippen molar-refractivity contribution in [3.8, 4) is 11.5 Å². The highest BCUT2D eigenvalue weighted by atomic mass is 16.5. The number of hydrogen-bond acceptors (Lipinski definition) is 5. The fourth-order valence-electron chi connectivity index (χ4n) is 2.01. The lowest BCUT2D eigenvalue weighted by atomic mass is 10.0. The maximum atomic E-state index is 12.4. The predicted molar refractivity (Wildman–Crippen MR) is 90.7 cm³/mol. The summed E-state index contributed by atoms with van der Waals surface area (Å²) in [4.78, 5) is 12.4. The van der Waals surface area contributed by atoms with E-state index in [1.165, 1.54) is 0 Å². The number of carbonyl (C=O) groups is 1. The molecule has 2 aromatic rings. The molecule has 0 aliphatic heterocycles. The van der Waals surface area contributed by atoms with Crippen molar-refractivity contribution in [2.24, 2.45) is 0 Å². The Labute approximate surface area is 141 Å². The lowest BCUT2D eigenvalue weighted by Gasteiger charge is -2.09. The molecule has 0 spiro atoms. The standard InChI is InChI=1S/C19H22O5/c1-13(20)11-23-17-7-3-15(4-8-17)19(22)16-5-9-18(10-6-16)24-12-14(2)21/h3-10,13-14,20-21H,11-12H2,1-2H3. The van der Waals surface area contributed by atoms with Gasteiger partial charge in [0.05, 0.1) is 12.2 Å². The third-order valence-electron chi connectivity index (χ3n) is 3.22. The van der Waals surface area contributed by atoms with Gasteiger partial charge in [-0.3, -0.25) is 4.79 Å². The van der Waals surface area contributed by atoms with Crippen molar-refractivity contribution in [1.29, 1.82) is 0 Å². The van der Waals surface area contributed by atoms with E-state index in [1.807, 2.05) is 0 Å². The summed E-state index contributed by atoms with van der Waals surface area (Å²) in [6.07, 6.45) is -1.08. The molecule has 0 aliphatic carbocycles.